The highest BCUT2D eigenvalue weighted by atomic mass is 32.2. The van der Waals surface area contributed by atoms with E-state index in [1.807, 2.05) is 34.9 Å². The number of thioether (sulfide) groups is 1. The van der Waals surface area contributed by atoms with Crippen molar-refractivity contribution in [3.05, 3.63) is 78.1 Å². The van der Waals surface area contributed by atoms with Crippen LogP contribution < -0.4 is 19.6 Å². The maximum atomic E-state index is 13.0. The number of para-hydroxylation sites is 1. The van der Waals surface area contributed by atoms with E-state index in [0.717, 1.165) is 5.69 Å². The Kier molecular flexibility index (Phi) is 8.37. The Morgan fingerprint density at radius 2 is 1.68 bits per heavy atom. The van der Waals surface area contributed by atoms with Gasteiger partial charge in [0.15, 0.2) is 22.5 Å². The summed E-state index contributed by atoms with van der Waals surface area (Å²) in [4.78, 5) is 12.4. The van der Waals surface area contributed by atoms with Gasteiger partial charge in [-0.15, -0.1) is 10.2 Å². The number of rotatable bonds is 10. The predicted octanol–water partition coefficient (Wildman–Crippen LogP) is 4.34. The normalized spacial score (nSPS) is 10.9. The van der Waals surface area contributed by atoms with Crippen molar-refractivity contribution in [1.82, 2.24) is 20.2 Å². The summed E-state index contributed by atoms with van der Waals surface area (Å²) in [7, 11) is 4.62. The number of methoxy groups -OCH3 is 3. The summed E-state index contributed by atoms with van der Waals surface area (Å²) >= 11 is 1.21. The summed E-state index contributed by atoms with van der Waals surface area (Å²) in [6, 6.07) is 18.9. The standard InChI is InChI=1S/C26H24FN5O4S/c1-34-21-13-18(14-22(35-2)24(21)36-3)25-30-31-26(32(25)20-7-5-4-6-8-20)37-16-23(33)29-28-15-17-9-11-19(27)12-10-17/h4-15H,16H2,1-3H3,(H,29,33). The second kappa shape index (κ2) is 12.0. The molecule has 0 unspecified atom stereocenters. The first kappa shape index (κ1) is 25.7. The van der Waals surface area contributed by atoms with Crippen LogP contribution in [0.4, 0.5) is 4.39 Å². The molecule has 9 nitrogen and oxygen atoms in total. The molecule has 4 aromatic rings. The van der Waals surface area contributed by atoms with Crippen LogP contribution in [0.2, 0.25) is 0 Å². The van der Waals surface area contributed by atoms with Gasteiger partial charge in [-0.3, -0.25) is 9.36 Å². The number of nitrogens with one attached hydrogen (secondary N) is 1. The molecule has 1 aromatic heterocycles. The zero-order chi connectivity index (χ0) is 26.2. The lowest BCUT2D eigenvalue weighted by Crippen LogP contribution is -2.20. The zero-order valence-electron chi connectivity index (χ0n) is 20.3. The number of amides is 1. The van der Waals surface area contributed by atoms with Gasteiger partial charge in [0.05, 0.1) is 33.3 Å². The lowest BCUT2D eigenvalue weighted by atomic mass is 10.1. The molecule has 0 saturated heterocycles. The molecule has 0 radical (unpaired) electrons. The Hall–Kier alpha value is -4.38. The number of hydrogen-bond donors (Lipinski definition) is 1. The van der Waals surface area contributed by atoms with Crippen molar-refractivity contribution in [3.63, 3.8) is 0 Å². The number of hydrazone groups is 1. The van der Waals surface area contributed by atoms with E-state index < -0.39 is 0 Å². The van der Waals surface area contributed by atoms with Crippen molar-refractivity contribution >= 4 is 23.9 Å². The van der Waals surface area contributed by atoms with E-state index in [2.05, 4.69) is 20.7 Å². The Labute approximate surface area is 217 Å². The first-order valence-corrected chi connectivity index (χ1v) is 12.0. The van der Waals surface area contributed by atoms with E-state index >= 15 is 0 Å². The minimum Gasteiger partial charge on any atom is -0.493 e. The van der Waals surface area contributed by atoms with Gasteiger partial charge in [0.25, 0.3) is 5.91 Å². The van der Waals surface area contributed by atoms with Crippen LogP contribution >= 0.6 is 11.8 Å². The van der Waals surface area contributed by atoms with E-state index in [1.54, 1.807) is 38.5 Å². The molecule has 0 atom stereocenters. The van der Waals surface area contributed by atoms with Crippen LogP contribution in [0.25, 0.3) is 17.1 Å². The number of nitrogens with zero attached hydrogens (tertiary/aromatic N) is 4. The van der Waals surface area contributed by atoms with Gasteiger partial charge in [-0.1, -0.05) is 42.1 Å². The lowest BCUT2D eigenvalue weighted by molar-refractivity contribution is -0.118. The van der Waals surface area contributed by atoms with Crippen molar-refractivity contribution in [1.29, 1.82) is 0 Å². The average Bonchev–Trinajstić information content (AvgIpc) is 3.36. The minimum absolute atomic E-state index is 0.0426. The van der Waals surface area contributed by atoms with E-state index in [-0.39, 0.29) is 17.5 Å². The monoisotopic (exact) mass is 521 g/mol. The third kappa shape index (κ3) is 6.07. The molecule has 1 N–H and O–H groups in total. The molecule has 4 rings (SSSR count). The third-order valence-corrected chi connectivity index (χ3v) is 6.10. The number of hydrogen-bond acceptors (Lipinski definition) is 8. The fourth-order valence-corrected chi connectivity index (χ4v) is 4.20. The molecule has 0 fully saturated rings. The second-order valence-corrected chi connectivity index (χ2v) is 8.47. The summed E-state index contributed by atoms with van der Waals surface area (Å²) in [5.41, 5.74) is 4.63. The van der Waals surface area contributed by atoms with Crippen molar-refractivity contribution in [2.75, 3.05) is 27.1 Å². The number of benzene rings is 3. The predicted molar refractivity (Wildman–Crippen MR) is 139 cm³/mol. The third-order valence-electron chi connectivity index (χ3n) is 5.18. The van der Waals surface area contributed by atoms with E-state index in [4.69, 9.17) is 14.2 Å². The first-order chi connectivity index (χ1) is 18.0. The molecular formula is C26H24FN5O4S. The van der Waals surface area contributed by atoms with Crippen LogP contribution in [0.3, 0.4) is 0 Å². The number of carbonyl (C=O) groups excluding carboxylic acids is 1. The summed E-state index contributed by atoms with van der Waals surface area (Å²) in [6.45, 7) is 0. The molecule has 0 aliphatic heterocycles. The molecule has 37 heavy (non-hydrogen) atoms. The number of ether oxygens (including phenoxy) is 3. The van der Waals surface area contributed by atoms with Crippen LogP contribution in [0.1, 0.15) is 5.56 Å². The molecule has 0 bridgehead atoms. The molecule has 11 heteroatoms. The summed E-state index contributed by atoms with van der Waals surface area (Å²) in [6.07, 6.45) is 1.44. The zero-order valence-corrected chi connectivity index (χ0v) is 21.2. The quantitative estimate of drug-likeness (QED) is 0.188. The maximum absolute atomic E-state index is 13.0. The Bertz CT molecular complexity index is 1370. The highest BCUT2D eigenvalue weighted by Gasteiger charge is 2.21. The molecule has 190 valence electrons. The minimum atomic E-state index is -0.342. The van der Waals surface area contributed by atoms with Gasteiger partial charge in [-0.05, 0) is 42.0 Å². The Balaban J connectivity index is 1.59. The van der Waals surface area contributed by atoms with E-state index in [1.165, 1.54) is 37.2 Å². The molecule has 1 amide bonds. The summed E-state index contributed by atoms with van der Waals surface area (Å²) in [5.74, 6) is 1.32. The van der Waals surface area contributed by atoms with Crippen LogP contribution in [0.15, 0.2) is 77.0 Å². The molecule has 0 saturated carbocycles. The fraction of sp³-hybridized carbons (Fsp3) is 0.154. The van der Waals surface area contributed by atoms with Crippen LogP contribution in [-0.2, 0) is 4.79 Å². The second-order valence-electron chi connectivity index (χ2n) is 7.52. The van der Waals surface area contributed by atoms with E-state index in [0.29, 0.717) is 39.4 Å². The smallest absolute Gasteiger partial charge is 0.250 e. The highest BCUT2D eigenvalue weighted by Crippen LogP contribution is 2.41. The fourth-order valence-electron chi connectivity index (χ4n) is 3.46. The SMILES string of the molecule is COc1cc(-c2nnc(SCC(=O)NN=Cc3ccc(F)cc3)n2-c2ccccc2)cc(OC)c1OC. The van der Waals surface area contributed by atoms with Gasteiger partial charge >= 0.3 is 0 Å². The molecule has 0 aliphatic carbocycles. The highest BCUT2D eigenvalue weighted by molar-refractivity contribution is 7.99. The van der Waals surface area contributed by atoms with Crippen molar-refractivity contribution in [2.45, 2.75) is 5.16 Å². The van der Waals surface area contributed by atoms with Crippen molar-refractivity contribution in [2.24, 2.45) is 5.10 Å². The van der Waals surface area contributed by atoms with Crippen LogP contribution in [0, 0.1) is 5.82 Å². The Morgan fingerprint density at radius 1 is 1.00 bits per heavy atom. The molecule has 3 aromatic carbocycles. The summed E-state index contributed by atoms with van der Waals surface area (Å²) < 4.78 is 31.3. The molecule has 0 spiro atoms. The van der Waals surface area contributed by atoms with Gasteiger partial charge < -0.3 is 14.2 Å². The number of halogens is 1. The lowest BCUT2D eigenvalue weighted by Gasteiger charge is -2.15. The van der Waals surface area contributed by atoms with Gasteiger partial charge in [0.2, 0.25) is 5.75 Å². The van der Waals surface area contributed by atoms with Gasteiger partial charge in [0.1, 0.15) is 5.82 Å². The van der Waals surface area contributed by atoms with Crippen molar-refractivity contribution < 1.29 is 23.4 Å². The van der Waals surface area contributed by atoms with Gasteiger partial charge in [-0.2, -0.15) is 5.10 Å². The van der Waals surface area contributed by atoms with Crippen molar-refractivity contribution in [3.8, 4) is 34.3 Å². The maximum Gasteiger partial charge on any atom is 0.250 e. The summed E-state index contributed by atoms with van der Waals surface area (Å²) in [5, 5.41) is 13.2. The molecular weight excluding hydrogens is 497 g/mol. The number of carbonyl (C=O) groups is 1. The first-order valence-electron chi connectivity index (χ1n) is 11.1. The Morgan fingerprint density at radius 3 is 2.30 bits per heavy atom. The average molecular weight is 522 g/mol. The largest absolute Gasteiger partial charge is 0.493 e. The van der Waals surface area contributed by atoms with Crippen LogP contribution in [0.5, 0.6) is 17.2 Å². The van der Waals surface area contributed by atoms with Gasteiger partial charge in [0, 0.05) is 11.3 Å². The van der Waals surface area contributed by atoms with Gasteiger partial charge in [-0.25, -0.2) is 9.82 Å². The molecule has 1 heterocycles. The molecule has 0 aliphatic rings. The number of aromatic nitrogens is 3. The van der Waals surface area contributed by atoms with E-state index in [9.17, 15) is 9.18 Å². The topological polar surface area (TPSA) is 99.9 Å². The van der Waals surface area contributed by atoms with Crippen LogP contribution in [-0.4, -0.2) is 54.0 Å².